The minimum atomic E-state index is -1.80. The number of nitrogens with zero attached hydrogens (tertiary/aromatic N) is 4. The molecule has 3 fully saturated rings. The summed E-state index contributed by atoms with van der Waals surface area (Å²) in [6.07, 6.45) is 5.26. The number of likely N-dealkylation sites (tertiary alicyclic amines) is 1. The van der Waals surface area contributed by atoms with E-state index in [1.54, 1.807) is 6.07 Å². The van der Waals surface area contributed by atoms with E-state index in [1.165, 1.54) is 12.8 Å². The monoisotopic (exact) mass is 588 g/mol. The van der Waals surface area contributed by atoms with Crippen LogP contribution in [-0.2, 0) is 21.4 Å². The Bertz CT molecular complexity index is 1330. The number of ether oxygens (including phenoxy) is 1. The molecule has 1 heterocycles. The Balaban J connectivity index is 1.89. The van der Waals surface area contributed by atoms with Gasteiger partial charge in [-0.2, -0.15) is 15.8 Å². The number of aliphatic carboxylic acids is 1. The highest BCUT2D eigenvalue weighted by molar-refractivity contribution is 5.75. The number of carboxylic acids is 1. The predicted molar refractivity (Wildman–Crippen MR) is 159 cm³/mol. The van der Waals surface area contributed by atoms with E-state index < -0.39 is 28.7 Å². The molecule has 2 N–H and O–H groups in total. The second-order valence-corrected chi connectivity index (χ2v) is 13.2. The fourth-order valence-corrected chi connectivity index (χ4v) is 8.63. The standard InChI is InChI=1S/C34H44N4O5/c1-5-25-11-12-27(43-29(41)8-6-7-28(39)40)31(42)30(25)33-15-16-38(18-24-9-10-24)23(4)34(33,22(2)3)14-13-26(17-33)32(19-35,20-36)21-37/h11-12,22-24,26,42H,5-10,13-18H2,1-4H3,(H,39,40)/t23-,26?,33-,34?/m1/s1. The predicted octanol–water partition coefficient (Wildman–Crippen LogP) is 5.86. The summed E-state index contributed by atoms with van der Waals surface area (Å²) in [5, 5.41) is 51.3. The highest BCUT2D eigenvalue weighted by Gasteiger charge is 2.65. The second kappa shape index (κ2) is 12.6. The van der Waals surface area contributed by atoms with Gasteiger partial charge in [-0.1, -0.05) is 26.8 Å². The maximum atomic E-state index is 12.7. The molecule has 3 aliphatic rings. The Morgan fingerprint density at radius 2 is 1.79 bits per heavy atom. The van der Waals surface area contributed by atoms with Gasteiger partial charge in [0, 0.05) is 42.3 Å². The molecule has 0 spiro atoms. The fourth-order valence-electron chi connectivity index (χ4n) is 8.63. The molecule has 2 saturated carbocycles. The zero-order valence-corrected chi connectivity index (χ0v) is 25.9. The van der Waals surface area contributed by atoms with Crippen molar-refractivity contribution in [2.75, 3.05) is 13.1 Å². The van der Waals surface area contributed by atoms with Crippen LogP contribution in [0, 0.1) is 62.6 Å². The smallest absolute Gasteiger partial charge is 0.311 e. The maximum Gasteiger partial charge on any atom is 0.311 e. The van der Waals surface area contributed by atoms with Gasteiger partial charge in [0.1, 0.15) is 18.2 Å². The molecule has 0 aromatic heterocycles. The molecule has 230 valence electrons. The first-order chi connectivity index (χ1) is 20.4. The van der Waals surface area contributed by atoms with Gasteiger partial charge in [0.25, 0.3) is 0 Å². The van der Waals surface area contributed by atoms with E-state index in [9.17, 15) is 30.5 Å². The van der Waals surface area contributed by atoms with Crippen LogP contribution < -0.4 is 4.74 Å². The molecule has 0 amide bonds. The molecule has 1 aliphatic heterocycles. The summed E-state index contributed by atoms with van der Waals surface area (Å²) in [6.45, 7) is 10.5. The van der Waals surface area contributed by atoms with Crippen LogP contribution in [0.15, 0.2) is 12.1 Å². The molecule has 4 atom stereocenters. The van der Waals surface area contributed by atoms with Gasteiger partial charge in [0.2, 0.25) is 5.41 Å². The number of rotatable bonds is 11. The van der Waals surface area contributed by atoms with Crippen LogP contribution in [0.5, 0.6) is 11.5 Å². The van der Waals surface area contributed by atoms with Crippen molar-refractivity contribution in [3.8, 4) is 29.7 Å². The van der Waals surface area contributed by atoms with Gasteiger partial charge in [0.15, 0.2) is 11.5 Å². The van der Waals surface area contributed by atoms with Crippen LogP contribution >= 0.6 is 0 Å². The quantitative estimate of drug-likeness (QED) is 0.239. The van der Waals surface area contributed by atoms with Crippen molar-refractivity contribution in [1.29, 1.82) is 15.8 Å². The van der Waals surface area contributed by atoms with E-state index in [0.717, 1.165) is 18.7 Å². The van der Waals surface area contributed by atoms with E-state index in [1.807, 2.05) is 31.2 Å². The Kier molecular flexibility index (Phi) is 9.43. The number of esters is 1. The molecule has 2 unspecified atom stereocenters. The largest absolute Gasteiger partial charge is 0.504 e. The number of aromatic hydroxyl groups is 1. The number of benzene rings is 1. The molecule has 0 radical (unpaired) electrons. The topological polar surface area (TPSA) is 158 Å². The average molecular weight is 589 g/mol. The molecule has 1 aromatic rings. The number of carbonyl (C=O) groups excluding carboxylic acids is 1. The molecule has 1 aromatic carbocycles. The summed E-state index contributed by atoms with van der Waals surface area (Å²) < 4.78 is 5.64. The molecule has 4 rings (SSSR count). The number of phenols is 1. The lowest BCUT2D eigenvalue weighted by atomic mass is 9.41. The maximum absolute atomic E-state index is 12.7. The minimum absolute atomic E-state index is 0.0295. The van der Waals surface area contributed by atoms with E-state index in [0.29, 0.717) is 43.6 Å². The molecule has 43 heavy (non-hydrogen) atoms. The van der Waals surface area contributed by atoms with Crippen molar-refractivity contribution in [3.63, 3.8) is 0 Å². The van der Waals surface area contributed by atoms with Crippen LogP contribution in [0.3, 0.4) is 0 Å². The minimum Gasteiger partial charge on any atom is -0.504 e. The average Bonchev–Trinajstić information content (AvgIpc) is 3.80. The van der Waals surface area contributed by atoms with Crippen molar-refractivity contribution in [1.82, 2.24) is 4.90 Å². The Hall–Kier alpha value is -3.61. The number of nitriles is 3. The summed E-state index contributed by atoms with van der Waals surface area (Å²) in [5.41, 5.74) is -1.24. The highest BCUT2D eigenvalue weighted by atomic mass is 16.5. The number of carboxylic acid groups (broad SMARTS) is 1. The lowest BCUT2D eigenvalue weighted by molar-refractivity contribution is -0.137. The second-order valence-electron chi connectivity index (χ2n) is 13.2. The number of aryl methyl sites for hydroxylation is 1. The van der Waals surface area contributed by atoms with Gasteiger partial charge in [-0.15, -0.1) is 0 Å². The lowest BCUT2D eigenvalue weighted by Crippen LogP contribution is -2.68. The molecule has 1 saturated heterocycles. The van der Waals surface area contributed by atoms with Gasteiger partial charge in [-0.05, 0) is 93.7 Å². The normalized spacial score (nSPS) is 27.4. The van der Waals surface area contributed by atoms with Crippen LogP contribution in [0.1, 0.15) is 96.6 Å². The third-order valence-electron chi connectivity index (χ3n) is 11.0. The van der Waals surface area contributed by atoms with Crippen molar-refractivity contribution in [2.45, 2.75) is 103 Å². The molecule has 9 nitrogen and oxygen atoms in total. The SMILES string of the molecule is CCc1ccc(OC(=O)CCCC(=O)O)c(O)c1[C@]12CCN(CC3CC3)[C@H](C)C1(C(C)C)CCC(C(C#N)(C#N)C#N)C2. The van der Waals surface area contributed by atoms with E-state index in [4.69, 9.17) is 9.84 Å². The number of phenolic OH excluding ortho intramolecular Hbond substituents is 1. The third kappa shape index (κ3) is 5.59. The summed E-state index contributed by atoms with van der Waals surface area (Å²) in [6, 6.07) is 9.75. The van der Waals surface area contributed by atoms with Crippen molar-refractivity contribution < 1.29 is 24.5 Å². The summed E-state index contributed by atoms with van der Waals surface area (Å²) in [7, 11) is 0. The summed E-state index contributed by atoms with van der Waals surface area (Å²) in [4.78, 5) is 26.2. The van der Waals surface area contributed by atoms with Crippen molar-refractivity contribution in [2.24, 2.45) is 28.6 Å². The lowest BCUT2D eigenvalue weighted by Gasteiger charge is -2.66. The number of fused-ring (bicyclic) bond motifs is 1. The van der Waals surface area contributed by atoms with Gasteiger partial charge in [0.05, 0.1) is 0 Å². The number of piperidine rings is 1. The molecule has 2 aliphatic carbocycles. The fraction of sp³-hybridized carbons (Fsp3) is 0.676. The van der Waals surface area contributed by atoms with Gasteiger partial charge < -0.3 is 14.9 Å². The zero-order chi connectivity index (χ0) is 31.6. The highest BCUT2D eigenvalue weighted by Crippen LogP contribution is 2.67. The third-order valence-corrected chi connectivity index (χ3v) is 11.0. The molecular weight excluding hydrogens is 544 g/mol. The zero-order valence-electron chi connectivity index (χ0n) is 25.9. The van der Waals surface area contributed by atoms with E-state index >= 15 is 0 Å². The van der Waals surface area contributed by atoms with Crippen LogP contribution in [0.4, 0.5) is 0 Å². The number of hydrogen-bond donors (Lipinski definition) is 2. The van der Waals surface area contributed by atoms with Gasteiger partial charge in [-0.25, -0.2) is 0 Å². The number of carbonyl (C=O) groups is 2. The molecule has 0 bridgehead atoms. The summed E-state index contributed by atoms with van der Waals surface area (Å²) in [5.74, 6) is -1.36. The van der Waals surface area contributed by atoms with Gasteiger partial charge >= 0.3 is 11.9 Å². The molecular formula is C34H44N4O5. The first-order valence-electron chi connectivity index (χ1n) is 15.7. The van der Waals surface area contributed by atoms with Crippen LogP contribution in [0.25, 0.3) is 0 Å². The first-order valence-corrected chi connectivity index (χ1v) is 15.7. The first kappa shape index (κ1) is 32.3. The van der Waals surface area contributed by atoms with Gasteiger partial charge in [-0.3, -0.25) is 14.5 Å². The van der Waals surface area contributed by atoms with Crippen LogP contribution in [-0.4, -0.2) is 46.2 Å². The molecule has 9 heteroatoms. The van der Waals surface area contributed by atoms with E-state index in [-0.39, 0.29) is 48.1 Å². The Morgan fingerprint density at radius 1 is 1.12 bits per heavy atom. The Labute approximate surface area is 255 Å². The van der Waals surface area contributed by atoms with E-state index in [2.05, 4.69) is 25.7 Å². The van der Waals surface area contributed by atoms with Crippen molar-refractivity contribution in [3.05, 3.63) is 23.3 Å². The van der Waals surface area contributed by atoms with Crippen LogP contribution in [0.2, 0.25) is 0 Å². The number of hydrogen-bond acceptors (Lipinski definition) is 8. The Morgan fingerprint density at radius 3 is 2.35 bits per heavy atom. The summed E-state index contributed by atoms with van der Waals surface area (Å²) >= 11 is 0. The van der Waals surface area contributed by atoms with Crippen molar-refractivity contribution >= 4 is 11.9 Å².